The second kappa shape index (κ2) is 14.4. The third kappa shape index (κ3) is 6.00. The molecule has 5 aliphatic rings. The number of benzene rings is 3. The molecule has 3 amide bonds. The first kappa shape index (κ1) is 36.1. The summed E-state index contributed by atoms with van der Waals surface area (Å²) in [5.41, 5.74) is 1.62. The molecule has 7 unspecified atom stereocenters. The van der Waals surface area contributed by atoms with Crippen molar-refractivity contribution in [3.8, 4) is 0 Å². The van der Waals surface area contributed by atoms with Crippen molar-refractivity contribution in [3.63, 3.8) is 0 Å². The molecule has 13 heteroatoms. The van der Waals surface area contributed by atoms with Crippen molar-refractivity contribution in [2.45, 2.75) is 68.1 Å². The molecular formula is C41H44N4O9. The van der Waals surface area contributed by atoms with Gasteiger partial charge in [-0.1, -0.05) is 84.9 Å². The monoisotopic (exact) mass is 736 g/mol. The van der Waals surface area contributed by atoms with Gasteiger partial charge < -0.3 is 34.4 Å². The second-order valence-corrected chi connectivity index (χ2v) is 14.7. The van der Waals surface area contributed by atoms with E-state index in [1.807, 2.05) is 84.9 Å². The maximum Gasteiger partial charge on any atom is 0.327 e. The number of hydroxylamine groups is 2. The van der Waals surface area contributed by atoms with E-state index in [-0.39, 0.29) is 43.8 Å². The molecule has 0 radical (unpaired) electrons. The summed E-state index contributed by atoms with van der Waals surface area (Å²) in [6.07, 6.45) is 0.948. The molecule has 5 fully saturated rings. The zero-order chi connectivity index (χ0) is 37.6. The summed E-state index contributed by atoms with van der Waals surface area (Å²) in [5, 5.41) is 13.6. The Kier molecular flexibility index (Phi) is 9.61. The van der Waals surface area contributed by atoms with E-state index in [1.54, 1.807) is 25.1 Å². The lowest BCUT2D eigenvalue weighted by Crippen LogP contribution is -2.70. The minimum atomic E-state index is -1.47. The minimum Gasteiger partial charge on any atom is -0.458 e. The van der Waals surface area contributed by atoms with Gasteiger partial charge in [0.25, 0.3) is 0 Å². The number of aliphatic hydroxyl groups is 1. The first-order chi connectivity index (χ1) is 26.2. The molecule has 282 valence electrons. The molecule has 4 saturated heterocycles. The summed E-state index contributed by atoms with van der Waals surface area (Å²) >= 11 is 0. The Morgan fingerprint density at radius 1 is 0.944 bits per heavy atom. The van der Waals surface area contributed by atoms with Gasteiger partial charge in [0.15, 0.2) is 6.04 Å². The van der Waals surface area contributed by atoms with Crippen LogP contribution >= 0.6 is 0 Å². The van der Waals surface area contributed by atoms with E-state index >= 15 is 4.79 Å². The number of likely N-dealkylation sites (N-methyl/N-ethyl adjacent to an activating group) is 1. The van der Waals surface area contributed by atoms with Crippen molar-refractivity contribution >= 4 is 29.8 Å². The number of rotatable bonds is 10. The highest BCUT2D eigenvalue weighted by molar-refractivity contribution is 5.96. The SMILES string of the molecule is CN(C)C(=O)C=Cc1ccc(CN2OC3C4OC(c5ccccc5)(c5ccccc5)OC4C4CC3(C(=O)N3CCCC3C(=O)NCCO)C2C(=O)O4)cc1. The Morgan fingerprint density at radius 2 is 1.61 bits per heavy atom. The fourth-order valence-corrected chi connectivity index (χ4v) is 8.75. The molecule has 8 rings (SSSR count). The van der Waals surface area contributed by atoms with Crippen LogP contribution < -0.4 is 5.32 Å². The third-order valence-electron chi connectivity index (χ3n) is 11.3. The summed E-state index contributed by atoms with van der Waals surface area (Å²) in [7, 11) is 3.37. The van der Waals surface area contributed by atoms with E-state index in [4.69, 9.17) is 19.0 Å². The molecular weight excluding hydrogens is 692 g/mol. The predicted molar refractivity (Wildman–Crippen MR) is 194 cm³/mol. The molecule has 4 heterocycles. The standard InChI is InChI=1S/C41H44N4O9/c1-43(2)32(47)20-19-26-15-17-27(18-16-26)25-45-35-38(49)51-31-24-40(35,39(50)44-22-9-14-30(44)37(48)42-21-23-46)36(54-45)34-33(31)52-41(53-34,28-10-5-3-6-11-28)29-12-7-4-8-13-29/h3-8,10-13,15-20,30-31,33-36,46H,9,14,21-25H2,1-2H3,(H,42,48). The number of nitrogens with one attached hydrogen (secondary N) is 1. The topological polar surface area (TPSA) is 147 Å². The number of hydrogen-bond donors (Lipinski definition) is 2. The smallest absolute Gasteiger partial charge is 0.327 e. The van der Waals surface area contributed by atoms with Crippen LogP contribution in [0.5, 0.6) is 0 Å². The van der Waals surface area contributed by atoms with E-state index in [1.165, 1.54) is 16.0 Å². The van der Waals surface area contributed by atoms with Crippen LogP contribution in [-0.4, -0.2) is 114 Å². The number of hydrogen-bond acceptors (Lipinski definition) is 10. The van der Waals surface area contributed by atoms with Crippen molar-refractivity contribution in [3.05, 3.63) is 113 Å². The van der Waals surface area contributed by atoms with Crippen LogP contribution in [-0.2, 0) is 50.6 Å². The van der Waals surface area contributed by atoms with Gasteiger partial charge in [-0.25, -0.2) is 0 Å². The third-order valence-corrected chi connectivity index (χ3v) is 11.3. The summed E-state index contributed by atoms with van der Waals surface area (Å²) in [6.45, 7) is 0.298. The number of aliphatic hydroxyl groups excluding tert-OH is 1. The molecule has 1 aliphatic carbocycles. The number of amides is 3. The first-order valence-electron chi connectivity index (χ1n) is 18.4. The fraction of sp³-hybridized carbons (Fsp3) is 0.415. The maximum atomic E-state index is 15.3. The van der Waals surface area contributed by atoms with Gasteiger partial charge in [-0.05, 0) is 30.0 Å². The predicted octanol–water partition coefficient (Wildman–Crippen LogP) is 2.37. The summed E-state index contributed by atoms with van der Waals surface area (Å²) in [5.74, 6) is -2.86. The number of carbonyl (C=O) groups is 4. The van der Waals surface area contributed by atoms with Gasteiger partial charge in [-0.3, -0.25) is 24.0 Å². The van der Waals surface area contributed by atoms with Gasteiger partial charge in [0.05, 0.1) is 13.2 Å². The molecule has 3 aromatic carbocycles. The Morgan fingerprint density at radius 3 is 2.26 bits per heavy atom. The fourth-order valence-electron chi connectivity index (χ4n) is 8.75. The largest absolute Gasteiger partial charge is 0.458 e. The molecule has 4 aliphatic heterocycles. The van der Waals surface area contributed by atoms with Crippen molar-refractivity contribution in [2.75, 3.05) is 33.8 Å². The lowest BCUT2D eigenvalue weighted by atomic mass is 9.62. The van der Waals surface area contributed by atoms with Crippen LogP contribution in [0.25, 0.3) is 6.08 Å². The number of likely N-dealkylation sites (tertiary alicyclic amines) is 1. The van der Waals surface area contributed by atoms with Crippen LogP contribution in [0.15, 0.2) is 91.0 Å². The molecule has 7 atom stereocenters. The molecule has 1 saturated carbocycles. The average Bonchev–Trinajstić information content (AvgIpc) is 3.93. The van der Waals surface area contributed by atoms with Crippen LogP contribution in [0.2, 0.25) is 0 Å². The molecule has 2 bridgehead atoms. The van der Waals surface area contributed by atoms with Crippen LogP contribution in [0.4, 0.5) is 0 Å². The zero-order valence-corrected chi connectivity index (χ0v) is 30.2. The molecule has 0 spiro atoms. The van der Waals surface area contributed by atoms with E-state index in [9.17, 15) is 19.5 Å². The number of ether oxygens (including phenoxy) is 3. The van der Waals surface area contributed by atoms with Gasteiger partial charge in [0, 0.05) is 50.8 Å². The van der Waals surface area contributed by atoms with Crippen LogP contribution in [0.3, 0.4) is 0 Å². The van der Waals surface area contributed by atoms with Crippen molar-refractivity contribution in [1.82, 2.24) is 20.2 Å². The number of carbonyl (C=O) groups excluding carboxylic acids is 4. The second-order valence-electron chi connectivity index (χ2n) is 14.7. The molecule has 0 aromatic heterocycles. The number of nitrogens with zero attached hydrogens (tertiary/aromatic N) is 3. The van der Waals surface area contributed by atoms with Gasteiger partial charge in [0.2, 0.25) is 23.5 Å². The van der Waals surface area contributed by atoms with E-state index in [0.29, 0.717) is 19.4 Å². The Labute approximate surface area is 313 Å². The van der Waals surface area contributed by atoms with E-state index in [0.717, 1.165) is 22.3 Å². The van der Waals surface area contributed by atoms with Gasteiger partial charge >= 0.3 is 5.97 Å². The van der Waals surface area contributed by atoms with Crippen molar-refractivity contribution < 1.29 is 43.3 Å². The summed E-state index contributed by atoms with van der Waals surface area (Å²) in [4.78, 5) is 64.9. The molecule has 3 aromatic rings. The highest BCUT2D eigenvalue weighted by Crippen LogP contribution is 2.60. The average molecular weight is 737 g/mol. The Balaban J connectivity index is 1.18. The lowest BCUT2D eigenvalue weighted by Gasteiger charge is -2.50. The van der Waals surface area contributed by atoms with Crippen molar-refractivity contribution in [1.29, 1.82) is 0 Å². The molecule has 2 N–H and O–H groups in total. The highest BCUT2D eigenvalue weighted by atomic mass is 16.8. The summed E-state index contributed by atoms with van der Waals surface area (Å²) < 4.78 is 20.2. The highest BCUT2D eigenvalue weighted by Gasteiger charge is 2.77. The van der Waals surface area contributed by atoms with Crippen molar-refractivity contribution in [2.24, 2.45) is 5.41 Å². The van der Waals surface area contributed by atoms with Gasteiger partial charge in [0.1, 0.15) is 35.9 Å². The van der Waals surface area contributed by atoms with E-state index in [2.05, 4.69) is 5.32 Å². The van der Waals surface area contributed by atoms with Gasteiger partial charge in [-0.2, -0.15) is 5.06 Å². The van der Waals surface area contributed by atoms with E-state index < -0.39 is 53.7 Å². The van der Waals surface area contributed by atoms with Crippen LogP contribution in [0, 0.1) is 5.41 Å². The Hall–Kier alpha value is -4.92. The summed E-state index contributed by atoms with van der Waals surface area (Å²) in [6, 6.07) is 24.7. The van der Waals surface area contributed by atoms with Gasteiger partial charge in [-0.15, -0.1) is 0 Å². The lowest BCUT2D eigenvalue weighted by molar-refractivity contribution is -0.214. The zero-order valence-electron chi connectivity index (χ0n) is 30.2. The maximum absolute atomic E-state index is 15.3. The number of fused-ring (bicyclic) bond motifs is 4. The molecule has 54 heavy (non-hydrogen) atoms. The van der Waals surface area contributed by atoms with Crippen LogP contribution in [0.1, 0.15) is 41.5 Å². The Bertz CT molecular complexity index is 1880. The minimum absolute atomic E-state index is 0.0651. The normalized spacial score (nSPS) is 29.5. The molecule has 13 nitrogen and oxygen atoms in total. The first-order valence-corrected chi connectivity index (χ1v) is 18.4. The quantitative estimate of drug-likeness (QED) is 0.235. The number of esters is 1.